The minimum atomic E-state index is -4.10. The van der Waals surface area contributed by atoms with E-state index in [4.69, 9.17) is 4.89 Å². The van der Waals surface area contributed by atoms with Gasteiger partial charge in [-0.25, -0.2) is 4.57 Å². The van der Waals surface area contributed by atoms with Gasteiger partial charge in [0.25, 0.3) is 0 Å². The molecule has 1 aromatic rings. The van der Waals surface area contributed by atoms with Gasteiger partial charge in [0.1, 0.15) is 0 Å². The van der Waals surface area contributed by atoms with Crippen LogP contribution in [0.3, 0.4) is 0 Å². The van der Waals surface area contributed by atoms with Crippen LogP contribution in [0.5, 0.6) is 5.75 Å². The number of hydrogen-bond acceptors (Lipinski definition) is 4. The van der Waals surface area contributed by atoms with E-state index in [1.54, 1.807) is 25.1 Å². The van der Waals surface area contributed by atoms with Crippen LogP contribution in [0.15, 0.2) is 24.3 Å². The number of aryl methyl sites for hydroxylation is 1. The molecule has 0 spiro atoms. The van der Waals surface area contributed by atoms with Crippen LogP contribution in [0.2, 0.25) is 0 Å². The first-order valence-corrected chi connectivity index (χ1v) is 5.93. The standard InChI is InChI=1S/C9H13O5P.2K.2H/c1-3-12-15(10,11)14-13-9-6-4-5-8(2)7-9;;;;/h4-7H,3H2,1-2H3,(H,10,11);;;;. The Bertz CT molecular complexity index is 374. The van der Waals surface area contributed by atoms with E-state index >= 15 is 0 Å². The SMILES string of the molecule is CCOP(=O)(O)OOc1cccc(C)c1.[KH].[KH]. The summed E-state index contributed by atoms with van der Waals surface area (Å²) < 4.78 is 19.8. The molecule has 1 unspecified atom stereocenters. The average molecular weight is 312 g/mol. The van der Waals surface area contributed by atoms with E-state index in [0.717, 1.165) is 5.56 Å². The van der Waals surface area contributed by atoms with Crippen molar-refractivity contribution in [3.05, 3.63) is 29.8 Å². The van der Waals surface area contributed by atoms with Crippen molar-refractivity contribution >= 4 is 111 Å². The molecule has 1 rings (SSSR count). The van der Waals surface area contributed by atoms with Gasteiger partial charge in [-0.1, -0.05) is 16.8 Å². The van der Waals surface area contributed by atoms with Gasteiger partial charge >= 0.3 is 111 Å². The predicted molar refractivity (Wildman–Crippen MR) is 68.6 cm³/mol. The van der Waals surface area contributed by atoms with Crippen LogP contribution in [0, 0.1) is 6.92 Å². The molecule has 0 aliphatic heterocycles. The van der Waals surface area contributed by atoms with E-state index in [1.165, 1.54) is 0 Å². The third-order valence-electron chi connectivity index (χ3n) is 1.51. The van der Waals surface area contributed by atoms with Crippen LogP contribution in [0.1, 0.15) is 12.5 Å². The molecular weight excluding hydrogens is 297 g/mol. The molecular formula is C9H15K2O5P. The molecule has 0 bridgehead atoms. The van der Waals surface area contributed by atoms with Gasteiger partial charge in [0.2, 0.25) is 0 Å². The first-order chi connectivity index (χ1) is 7.03. The molecule has 0 amide bonds. The van der Waals surface area contributed by atoms with Crippen molar-refractivity contribution in [1.82, 2.24) is 0 Å². The van der Waals surface area contributed by atoms with Crippen molar-refractivity contribution in [2.24, 2.45) is 0 Å². The Balaban J connectivity index is 0. The number of phosphoric ester groups is 1. The van der Waals surface area contributed by atoms with Gasteiger partial charge in [-0.15, -0.1) is 0 Å². The van der Waals surface area contributed by atoms with E-state index in [2.05, 4.69) is 14.1 Å². The van der Waals surface area contributed by atoms with Gasteiger partial charge < -0.3 is 9.78 Å². The first kappa shape index (κ1) is 21.7. The fourth-order valence-corrected chi connectivity index (χ4v) is 1.49. The van der Waals surface area contributed by atoms with Crippen molar-refractivity contribution in [2.75, 3.05) is 6.61 Å². The second-order valence-electron chi connectivity index (χ2n) is 2.86. The summed E-state index contributed by atoms with van der Waals surface area (Å²) in [5.74, 6) is 0.351. The number of rotatable bonds is 5. The van der Waals surface area contributed by atoms with E-state index in [9.17, 15) is 4.57 Å². The van der Waals surface area contributed by atoms with Gasteiger partial charge in [-0.2, -0.15) is 0 Å². The van der Waals surface area contributed by atoms with E-state index in [0.29, 0.717) is 5.75 Å². The van der Waals surface area contributed by atoms with Crippen molar-refractivity contribution in [3.63, 3.8) is 0 Å². The van der Waals surface area contributed by atoms with Crippen LogP contribution in [-0.4, -0.2) is 114 Å². The Morgan fingerprint density at radius 2 is 2.00 bits per heavy atom. The van der Waals surface area contributed by atoms with Gasteiger partial charge in [0.05, 0.1) is 6.61 Å². The molecule has 1 aromatic carbocycles. The minimum absolute atomic E-state index is 0. The van der Waals surface area contributed by atoms with Crippen LogP contribution < -0.4 is 4.89 Å². The molecule has 88 valence electrons. The molecule has 5 nitrogen and oxygen atoms in total. The molecule has 0 aromatic heterocycles. The molecule has 0 heterocycles. The quantitative estimate of drug-likeness (QED) is 0.382. The van der Waals surface area contributed by atoms with Crippen molar-refractivity contribution in [2.45, 2.75) is 13.8 Å². The summed E-state index contributed by atoms with van der Waals surface area (Å²) in [5.41, 5.74) is 0.959. The second-order valence-corrected chi connectivity index (χ2v) is 4.21. The summed E-state index contributed by atoms with van der Waals surface area (Å²) in [5, 5.41) is 0. The Kier molecular flexibility index (Phi) is 14.2. The summed E-state index contributed by atoms with van der Waals surface area (Å²) >= 11 is 0. The summed E-state index contributed by atoms with van der Waals surface area (Å²) in [6, 6.07) is 6.90. The Morgan fingerprint density at radius 1 is 1.35 bits per heavy atom. The number of phosphoric acid groups is 1. The molecule has 0 saturated carbocycles. The van der Waals surface area contributed by atoms with Crippen LogP contribution in [-0.2, 0) is 13.8 Å². The fourth-order valence-electron chi connectivity index (χ4n) is 0.942. The normalized spacial score (nSPS) is 12.9. The average Bonchev–Trinajstić information content (AvgIpc) is 2.15. The van der Waals surface area contributed by atoms with Gasteiger partial charge in [0, 0.05) is 0 Å². The van der Waals surface area contributed by atoms with Crippen LogP contribution in [0.25, 0.3) is 0 Å². The summed E-state index contributed by atoms with van der Waals surface area (Å²) in [6.07, 6.45) is 0. The molecule has 8 heteroatoms. The summed E-state index contributed by atoms with van der Waals surface area (Å²) in [6.45, 7) is 3.53. The van der Waals surface area contributed by atoms with Gasteiger partial charge in [0.15, 0.2) is 5.75 Å². The predicted octanol–water partition coefficient (Wildman–Crippen LogP) is 1.15. The first-order valence-electron chi connectivity index (χ1n) is 4.44. The molecule has 0 radical (unpaired) electrons. The maximum atomic E-state index is 11.1. The summed E-state index contributed by atoms with van der Waals surface area (Å²) in [7, 11) is -4.10. The van der Waals surface area contributed by atoms with Crippen molar-refractivity contribution in [1.29, 1.82) is 0 Å². The monoisotopic (exact) mass is 312 g/mol. The topological polar surface area (TPSA) is 65.0 Å². The fraction of sp³-hybridized carbons (Fsp3) is 0.333. The molecule has 1 N–H and O–H groups in total. The molecule has 0 aliphatic carbocycles. The zero-order valence-electron chi connectivity index (χ0n) is 8.54. The van der Waals surface area contributed by atoms with E-state index in [1.807, 2.05) is 13.0 Å². The molecule has 0 fully saturated rings. The Morgan fingerprint density at radius 3 is 2.53 bits per heavy atom. The molecule has 0 aliphatic rings. The van der Waals surface area contributed by atoms with E-state index in [-0.39, 0.29) is 109 Å². The van der Waals surface area contributed by atoms with Gasteiger partial charge in [-0.05, 0) is 31.5 Å². The molecule has 17 heavy (non-hydrogen) atoms. The van der Waals surface area contributed by atoms with Crippen LogP contribution in [0.4, 0.5) is 0 Å². The number of benzene rings is 1. The second kappa shape index (κ2) is 11.1. The molecule has 1 atom stereocenters. The number of hydrogen-bond donors (Lipinski definition) is 1. The Hall–Kier alpha value is 2.40. The summed E-state index contributed by atoms with van der Waals surface area (Å²) in [4.78, 5) is 13.7. The van der Waals surface area contributed by atoms with E-state index < -0.39 is 7.82 Å². The van der Waals surface area contributed by atoms with Crippen LogP contribution >= 0.6 is 7.82 Å². The van der Waals surface area contributed by atoms with Crippen molar-refractivity contribution < 1.29 is 23.5 Å². The Labute approximate surface area is 186 Å². The third-order valence-corrected chi connectivity index (χ3v) is 2.36. The zero-order valence-corrected chi connectivity index (χ0v) is 9.44. The maximum absolute atomic E-state index is 11.1. The zero-order chi connectivity index (χ0) is 11.3. The molecule has 0 saturated heterocycles. The third kappa shape index (κ3) is 9.87. The van der Waals surface area contributed by atoms with Gasteiger partial charge in [-0.3, -0.25) is 4.52 Å². The van der Waals surface area contributed by atoms with Crippen molar-refractivity contribution in [3.8, 4) is 5.75 Å².